The van der Waals surface area contributed by atoms with Crippen molar-refractivity contribution in [2.45, 2.75) is 18.1 Å². The van der Waals surface area contributed by atoms with E-state index in [1.54, 1.807) is 7.05 Å². The van der Waals surface area contributed by atoms with E-state index >= 15 is 0 Å². The SMILES string of the molecule is Cn1cnc(S(=O)(=O)NCc2cn(CC(=O)O)nn2)c1. The predicted molar refractivity (Wildman–Crippen MR) is 64.9 cm³/mol. The van der Waals surface area contributed by atoms with Gasteiger partial charge in [0, 0.05) is 13.2 Å². The van der Waals surface area contributed by atoms with Crippen molar-refractivity contribution in [1.82, 2.24) is 29.3 Å². The van der Waals surface area contributed by atoms with Gasteiger partial charge < -0.3 is 9.67 Å². The van der Waals surface area contributed by atoms with Crippen LogP contribution in [0.1, 0.15) is 5.69 Å². The fourth-order valence-corrected chi connectivity index (χ4v) is 2.38. The molecule has 0 amide bonds. The lowest BCUT2D eigenvalue weighted by Gasteiger charge is -2.00. The van der Waals surface area contributed by atoms with Crippen LogP contribution in [0.3, 0.4) is 0 Å². The second-order valence-corrected chi connectivity index (χ2v) is 5.72. The van der Waals surface area contributed by atoms with E-state index in [1.807, 2.05) is 0 Å². The molecular weight excluding hydrogens is 288 g/mol. The van der Waals surface area contributed by atoms with Crippen molar-refractivity contribution in [3.05, 3.63) is 24.4 Å². The lowest BCUT2D eigenvalue weighted by molar-refractivity contribution is -0.137. The molecule has 0 atom stereocenters. The molecule has 0 fully saturated rings. The first-order valence-electron chi connectivity index (χ1n) is 5.45. The molecule has 0 saturated carbocycles. The van der Waals surface area contributed by atoms with Crippen LogP contribution in [0.5, 0.6) is 0 Å². The Bertz CT molecular complexity index is 718. The van der Waals surface area contributed by atoms with Crippen LogP contribution in [0.4, 0.5) is 0 Å². The van der Waals surface area contributed by atoms with Crippen LogP contribution in [-0.2, 0) is 35.0 Å². The molecule has 0 aromatic carbocycles. The summed E-state index contributed by atoms with van der Waals surface area (Å²) in [6, 6.07) is 0. The zero-order valence-electron chi connectivity index (χ0n) is 10.5. The zero-order valence-corrected chi connectivity index (χ0v) is 11.3. The molecule has 2 aromatic heterocycles. The van der Waals surface area contributed by atoms with E-state index in [-0.39, 0.29) is 18.1 Å². The molecule has 11 heteroatoms. The maximum absolute atomic E-state index is 11.9. The summed E-state index contributed by atoms with van der Waals surface area (Å²) in [7, 11) is -2.07. The van der Waals surface area contributed by atoms with E-state index in [1.165, 1.54) is 23.3 Å². The number of hydrogen-bond acceptors (Lipinski definition) is 6. The third-order valence-corrected chi connectivity index (χ3v) is 3.57. The van der Waals surface area contributed by atoms with Gasteiger partial charge in [0.15, 0.2) is 5.03 Å². The number of aryl methyl sites for hydroxylation is 1. The quantitative estimate of drug-likeness (QED) is 0.668. The van der Waals surface area contributed by atoms with Gasteiger partial charge in [-0.05, 0) is 0 Å². The number of hydrogen-bond donors (Lipinski definition) is 2. The van der Waals surface area contributed by atoms with E-state index in [2.05, 4.69) is 20.0 Å². The van der Waals surface area contributed by atoms with Crippen molar-refractivity contribution < 1.29 is 18.3 Å². The molecule has 2 aromatic rings. The number of carbonyl (C=O) groups is 1. The molecule has 0 aliphatic carbocycles. The second kappa shape index (κ2) is 5.38. The van der Waals surface area contributed by atoms with Crippen molar-refractivity contribution in [3.63, 3.8) is 0 Å². The van der Waals surface area contributed by atoms with Crippen molar-refractivity contribution in [2.75, 3.05) is 0 Å². The van der Waals surface area contributed by atoms with E-state index in [4.69, 9.17) is 5.11 Å². The number of sulfonamides is 1. The Kier molecular flexibility index (Phi) is 3.81. The van der Waals surface area contributed by atoms with E-state index in [0.717, 1.165) is 4.68 Å². The lowest BCUT2D eigenvalue weighted by Crippen LogP contribution is -2.23. The van der Waals surface area contributed by atoms with Crippen LogP contribution >= 0.6 is 0 Å². The van der Waals surface area contributed by atoms with Gasteiger partial charge in [-0.25, -0.2) is 22.8 Å². The molecule has 0 radical (unpaired) electrons. The first kappa shape index (κ1) is 14.1. The Hall–Kier alpha value is -2.27. The van der Waals surface area contributed by atoms with Crippen molar-refractivity contribution in [1.29, 1.82) is 0 Å². The summed E-state index contributed by atoms with van der Waals surface area (Å²) in [5, 5.41) is 15.7. The monoisotopic (exact) mass is 300 g/mol. The first-order valence-corrected chi connectivity index (χ1v) is 6.93. The van der Waals surface area contributed by atoms with Gasteiger partial charge in [0.2, 0.25) is 0 Å². The van der Waals surface area contributed by atoms with E-state index < -0.39 is 16.0 Å². The standard InChI is InChI=1S/C9H12N6O4S/c1-14-4-8(10-6-14)20(18,19)11-2-7-3-15(13-12-7)5-9(16)17/h3-4,6,11H,2,5H2,1H3,(H,16,17). The highest BCUT2D eigenvalue weighted by Gasteiger charge is 2.17. The van der Waals surface area contributed by atoms with Gasteiger partial charge in [-0.15, -0.1) is 5.10 Å². The number of carboxylic acids is 1. The van der Waals surface area contributed by atoms with Crippen LogP contribution in [0, 0.1) is 0 Å². The summed E-state index contributed by atoms with van der Waals surface area (Å²) in [5.74, 6) is -1.06. The molecule has 0 bridgehead atoms. The predicted octanol–water partition coefficient (Wildman–Crippen LogP) is -1.43. The summed E-state index contributed by atoms with van der Waals surface area (Å²) in [6.07, 6.45) is 4.09. The van der Waals surface area contributed by atoms with Gasteiger partial charge >= 0.3 is 5.97 Å². The largest absolute Gasteiger partial charge is 0.480 e. The van der Waals surface area contributed by atoms with Crippen LogP contribution in [0.15, 0.2) is 23.7 Å². The molecular formula is C9H12N6O4S. The number of aliphatic carboxylic acids is 1. The van der Waals surface area contributed by atoms with E-state index in [0.29, 0.717) is 5.69 Å². The van der Waals surface area contributed by atoms with Gasteiger partial charge in [-0.2, -0.15) is 0 Å². The Balaban J connectivity index is 2.01. The summed E-state index contributed by atoms with van der Waals surface area (Å²) in [6.45, 7) is -0.432. The Labute approximate surface area is 114 Å². The third kappa shape index (κ3) is 3.39. The maximum atomic E-state index is 11.9. The van der Waals surface area contributed by atoms with Crippen LogP contribution in [0.2, 0.25) is 0 Å². The van der Waals surface area contributed by atoms with Gasteiger partial charge in [-0.1, -0.05) is 5.21 Å². The minimum Gasteiger partial charge on any atom is -0.480 e. The minimum absolute atomic E-state index is 0.0987. The molecule has 2 heterocycles. The fraction of sp³-hybridized carbons (Fsp3) is 0.333. The summed E-state index contributed by atoms with van der Waals surface area (Å²) in [5.41, 5.74) is 0.311. The number of nitrogens with one attached hydrogen (secondary N) is 1. The average molecular weight is 300 g/mol. The number of rotatable bonds is 6. The van der Waals surface area contributed by atoms with Gasteiger partial charge in [0.05, 0.1) is 24.8 Å². The van der Waals surface area contributed by atoms with Crippen molar-refractivity contribution in [2.24, 2.45) is 7.05 Å². The molecule has 10 nitrogen and oxygen atoms in total. The molecule has 0 spiro atoms. The highest BCUT2D eigenvalue weighted by atomic mass is 32.2. The molecule has 2 rings (SSSR count). The Morgan fingerprint density at radius 3 is 2.80 bits per heavy atom. The average Bonchev–Trinajstić information content (AvgIpc) is 2.95. The summed E-state index contributed by atoms with van der Waals surface area (Å²) >= 11 is 0. The molecule has 0 aliphatic rings. The van der Waals surface area contributed by atoms with Crippen LogP contribution in [0.25, 0.3) is 0 Å². The Morgan fingerprint density at radius 1 is 1.45 bits per heavy atom. The van der Waals surface area contributed by atoms with Crippen LogP contribution in [-0.4, -0.2) is 44.0 Å². The van der Waals surface area contributed by atoms with Crippen molar-refractivity contribution >= 4 is 16.0 Å². The number of nitrogens with zero attached hydrogens (tertiary/aromatic N) is 5. The molecule has 0 aliphatic heterocycles. The van der Waals surface area contributed by atoms with Gasteiger partial charge in [0.25, 0.3) is 10.0 Å². The number of imidazole rings is 1. The minimum atomic E-state index is -3.73. The highest BCUT2D eigenvalue weighted by Crippen LogP contribution is 2.05. The zero-order chi connectivity index (χ0) is 14.8. The smallest absolute Gasteiger partial charge is 0.325 e. The summed E-state index contributed by atoms with van der Waals surface area (Å²) < 4.78 is 28.7. The molecule has 2 N–H and O–H groups in total. The highest BCUT2D eigenvalue weighted by molar-refractivity contribution is 7.89. The molecule has 108 valence electrons. The molecule has 0 saturated heterocycles. The molecule has 20 heavy (non-hydrogen) atoms. The van der Waals surface area contributed by atoms with Gasteiger partial charge in [-0.3, -0.25) is 4.79 Å². The summed E-state index contributed by atoms with van der Waals surface area (Å²) in [4.78, 5) is 14.2. The van der Waals surface area contributed by atoms with E-state index in [9.17, 15) is 13.2 Å². The van der Waals surface area contributed by atoms with Gasteiger partial charge in [0.1, 0.15) is 6.54 Å². The van der Waals surface area contributed by atoms with Crippen LogP contribution < -0.4 is 4.72 Å². The first-order chi connectivity index (χ1) is 9.37. The number of carboxylic acid groups (broad SMARTS) is 1. The normalized spacial score (nSPS) is 11.7. The Morgan fingerprint density at radius 2 is 2.20 bits per heavy atom. The maximum Gasteiger partial charge on any atom is 0.325 e. The third-order valence-electron chi connectivity index (χ3n) is 2.28. The molecule has 0 unspecified atom stereocenters. The number of aromatic nitrogens is 5. The lowest BCUT2D eigenvalue weighted by atomic mass is 10.5. The van der Waals surface area contributed by atoms with Crippen molar-refractivity contribution in [3.8, 4) is 0 Å². The second-order valence-electron chi connectivity index (χ2n) is 4.00. The topological polar surface area (TPSA) is 132 Å². The fourth-order valence-electron chi connectivity index (χ4n) is 1.41.